The number of hydrogen-bond acceptors (Lipinski definition) is 1. The maximum Gasteiger partial charge on any atom is 0.152 e. The summed E-state index contributed by atoms with van der Waals surface area (Å²) in [6, 6.07) is 0. The monoisotopic (exact) mass is 128 g/mol. The van der Waals surface area contributed by atoms with Crippen molar-refractivity contribution < 1.29 is 4.79 Å². The molecule has 0 aliphatic heterocycles. The van der Waals surface area contributed by atoms with Gasteiger partial charge < -0.3 is 0 Å². The van der Waals surface area contributed by atoms with E-state index in [4.69, 9.17) is 0 Å². The molecule has 9 heavy (non-hydrogen) atoms. The number of carbonyl (C=O) groups excluding carboxylic acids is 1. The summed E-state index contributed by atoms with van der Waals surface area (Å²) in [5.74, 6) is 0.109. The van der Waals surface area contributed by atoms with E-state index in [9.17, 15) is 4.79 Å². The average molecular weight is 128 g/mol. The maximum atomic E-state index is 9.96. The molecule has 0 saturated heterocycles. The van der Waals surface area contributed by atoms with Crippen molar-refractivity contribution in [2.45, 2.75) is 34.1 Å². The van der Waals surface area contributed by atoms with Crippen LogP contribution in [0.3, 0.4) is 0 Å². The van der Waals surface area contributed by atoms with Gasteiger partial charge in [-0.05, 0) is 19.9 Å². The van der Waals surface area contributed by atoms with E-state index in [2.05, 4.69) is 13.8 Å². The van der Waals surface area contributed by atoms with Crippen LogP contribution in [-0.2, 0) is 4.79 Å². The molecule has 0 N–H and O–H groups in total. The van der Waals surface area contributed by atoms with Crippen LogP contribution in [-0.4, -0.2) is 5.78 Å². The topological polar surface area (TPSA) is 17.1 Å². The van der Waals surface area contributed by atoms with Gasteiger partial charge in [-0.25, -0.2) is 0 Å². The molecule has 0 amide bonds. The zero-order chi connectivity index (χ0) is 7.70. The normalized spacial score (nSPS) is 8.44. The first-order valence-electron chi connectivity index (χ1n) is 3.32. The standard InChI is InChI=1S/C5H8O.C3H8/c1-3-4-5(2)6;1-3-2/h3-4H,1-2H3;3H2,1-2H3. The van der Waals surface area contributed by atoms with Crippen molar-refractivity contribution in [1.29, 1.82) is 0 Å². The predicted molar refractivity (Wildman–Crippen MR) is 41.5 cm³/mol. The molecule has 0 heterocycles. The molecule has 0 rings (SSSR count). The lowest BCUT2D eigenvalue weighted by molar-refractivity contribution is -0.112. The third-order valence-electron chi connectivity index (χ3n) is 0.401. The van der Waals surface area contributed by atoms with E-state index in [0.29, 0.717) is 0 Å². The zero-order valence-corrected chi connectivity index (χ0v) is 6.77. The smallest absolute Gasteiger partial charge is 0.152 e. The van der Waals surface area contributed by atoms with E-state index in [1.807, 2.05) is 6.92 Å². The Hall–Kier alpha value is -0.590. The minimum absolute atomic E-state index is 0.109. The summed E-state index contributed by atoms with van der Waals surface area (Å²) < 4.78 is 0. The van der Waals surface area contributed by atoms with Crippen molar-refractivity contribution in [3.05, 3.63) is 12.2 Å². The molecular formula is C8H16O. The van der Waals surface area contributed by atoms with E-state index < -0.39 is 0 Å². The Labute approximate surface area is 57.8 Å². The first-order valence-corrected chi connectivity index (χ1v) is 3.32. The summed E-state index contributed by atoms with van der Waals surface area (Å²) in [6.07, 6.45) is 4.50. The van der Waals surface area contributed by atoms with Crippen LogP contribution in [0.25, 0.3) is 0 Å². The number of hydrogen-bond donors (Lipinski definition) is 0. The molecular weight excluding hydrogens is 112 g/mol. The van der Waals surface area contributed by atoms with Crippen molar-refractivity contribution in [3.8, 4) is 0 Å². The average Bonchev–Trinajstić information content (AvgIpc) is 1.67. The molecule has 54 valence electrons. The highest BCUT2D eigenvalue weighted by molar-refractivity contribution is 5.87. The summed E-state index contributed by atoms with van der Waals surface area (Å²) >= 11 is 0. The summed E-state index contributed by atoms with van der Waals surface area (Å²) in [7, 11) is 0. The van der Waals surface area contributed by atoms with Crippen molar-refractivity contribution in [2.75, 3.05) is 0 Å². The molecule has 0 aromatic rings. The van der Waals surface area contributed by atoms with E-state index in [1.54, 1.807) is 6.08 Å². The highest BCUT2D eigenvalue weighted by Crippen LogP contribution is 1.69. The molecule has 0 aliphatic carbocycles. The summed E-state index contributed by atoms with van der Waals surface area (Å²) in [6.45, 7) is 7.60. The Morgan fingerprint density at radius 3 is 1.78 bits per heavy atom. The van der Waals surface area contributed by atoms with Crippen LogP contribution in [0.4, 0.5) is 0 Å². The molecule has 0 atom stereocenters. The molecule has 0 unspecified atom stereocenters. The minimum atomic E-state index is 0.109. The molecule has 1 nitrogen and oxygen atoms in total. The Morgan fingerprint density at radius 2 is 1.78 bits per heavy atom. The van der Waals surface area contributed by atoms with Gasteiger partial charge in [-0.2, -0.15) is 0 Å². The quantitative estimate of drug-likeness (QED) is 0.496. The van der Waals surface area contributed by atoms with E-state index in [-0.39, 0.29) is 5.78 Å². The zero-order valence-electron chi connectivity index (χ0n) is 6.77. The van der Waals surface area contributed by atoms with Gasteiger partial charge in [0, 0.05) is 0 Å². The van der Waals surface area contributed by atoms with Gasteiger partial charge in [0.15, 0.2) is 5.78 Å². The fraction of sp³-hybridized carbons (Fsp3) is 0.625. The third-order valence-corrected chi connectivity index (χ3v) is 0.401. The molecule has 0 bridgehead atoms. The predicted octanol–water partition coefficient (Wildman–Crippen LogP) is 2.57. The maximum absolute atomic E-state index is 9.96. The summed E-state index contributed by atoms with van der Waals surface area (Å²) in [5, 5.41) is 0. The largest absolute Gasteiger partial charge is 0.295 e. The van der Waals surface area contributed by atoms with Crippen molar-refractivity contribution in [1.82, 2.24) is 0 Å². The first-order chi connectivity index (χ1) is 4.18. The van der Waals surface area contributed by atoms with Crippen LogP contribution in [0.1, 0.15) is 34.1 Å². The van der Waals surface area contributed by atoms with Crippen LogP contribution in [0.2, 0.25) is 0 Å². The summed E-state index contributed by atoms with van der Waals surface area (Å²) in [4.78, 5) is 9.96. The van der Waals surface area contributed by atoms with Gasteiger partial charge in [-0.15, -0.1) is 0 Å². The van der Waals surface area contributed by atoms with E-state index >= 15 is 0 Å². The summed E-state index contributed by atoms with van der Waals surface area (Å²) in [5.41, 5.74) is 0. The number of rotatable bonds is 1. The van der Waals surface area contributed by atoms with Gasteiger partial charge in [0.2, 0.25) is 0 Å². The highest BCUT2D eigenvalue weighted by atomic mass is 16.1. The molecule has 0 radical (unpaired) electrons. The molecule has 0 saturated carbocycles. The lowest BCUT2D eigenvalue weighted by Gasteiger charge is -1.68. The second-order valence-corrected chi connectivity index (χ2v) is 1.82. The second kappa shape index (κ2) is 10.4. The van der Waals surface area contributed by atoms with Crippen molar-refractivity contribution in [2.24, 2.45) is 0 Å². The van der Waals surface area contributed by atoms with Crippen LogP contribution >= 0.6 is 0 Å². The fourth-order valence-electron chi connectivity index (χ4n) is 0.235. The van der Waals surface area contributed by atoms with E-state index in [1.165, 1.54) is 19.4 Å². The van der Waals surface area contributed by atoms with Crippen LogP contribution in [0, 0.1) is 0 Å². The van der Waals surface area contributed by atoms with Gasteiger partial charge >= 0.3 is 0 Å². The van der Waals surface area contributed by atoms with Gasteiger partial charge in [-0.3, -0.25) is 4.79 Å². The molecule has 0 aromatic carbocycles. The molecule has 0 spiro atoms. The van der Waals surface area contributed by atoms with Crippen LogP contribution < -0.4 is 0 Å². The molecule has 0 aromatic heterocycles. The molecule has 0 fully saturated rings. The Bertz CT molecular complexity index is 82.6. The van der Waals surface area contributed by atoms with Gasteiger partial charge in [-0.1, -0.05) is 26.3 Å². The Balaban J connectivity index is 0. The van der Waals surface area contributed by atoms with Gasteiger partial charge in [0.1, 0.15) is 0 Å². The third kappa shape index (κ3) is 37.3. The Kier molecular flexibility index (Phi) is 13.0. The minimum Gasteiger partial charge on any atom is -0.295 e. The fourth-order valence-corrected chi connectivity index (χ4v) is 0.235. The molecule has 0 aliphatic rings. The van der Waals surface area contributed by atoms with Crippen molar-refractivity contribution >= 4 is 5.78 Å². The van der Waals surface area contributed by atoms with Crippen molar-refractivity contribution in [3.63, 3.8) is 0 Å². The lowest BCUT2D eigenvalue weighted by atomic mass is 10.4. The van der Waals surface area contributed by atoms with Gasteiger partial charge in [0.25, 0.3) is 0 Å². The number of allylic oxidation sites excluding steroid dienone is 2. The highest BCUT2D eigenvalue weighted by Gasteiger charge is 1.73. The van der Waals surface area contributed by atoms with Crippen LogP contribution in [0.5, 0.6) is 0 Å². The lowest BCUT2D eigenvalue weighted by Crippen LogP contribution is -1.76. The number of ketones is 1. The Morgan fingerprint density at radius 1 is 1.44 bits per heavy atom. The number of carbonyl (C=O) groups is 1. The first kappa shape index (κ1) is 11.2. The van der Waals surface area contributed by atoms with E-state index in [0.717, 1.165) is 0 Å². The molecule has 1 heteroatoms. The SMILES string of the molecule is CC=CC(C)=O.CCC. The van der Waals surface area contributed by atoms with Crippen LogP contribution in [0.15, 0.2) is 12.2 Å². The second-order valence-electron chi connectivity index (χ2n) is 1.82. The van der Waals surface area contributed by atoms with Gasteiger partial charge in [0.05, 0.1) is 0 Å².